The van der Waals surface area contributed by atoms with Gasteiger partial charge >= 0.3 is 5.69 Å². The summed E-state index contributed by atoms with van der Waals surface area (Å²) in [6.45, 7) is 6.51. The second-order valence-corrected chi connectivity index (χ2v) is 8.12. The van der Waals surface area contributed by atoms with E-state index in [2.05, 4.69) is 17.5 Å². The van der Waals surface area contributed by atoms with E-state index in [9.17, 15) is 9.59 Å². The van der Waals surface area contributed by atoms with Crippen molar-refractivity contribution >= 4 is 22.8 Å². The van der Waals surface area contributed by atoms with Crippen LogP contribution in [0.1, 0.15) is 25.8 Å². The Hall–Kier alpha value is -4.51. The fourth-order valence-corrected chi connectivity index (χ4v) is 4.40. The van der Waals surface area contributed by atoms with Gasteiger partial charge in [0.15, 0.2) is 0 Å². The summed E-state index contributed by atoms with van der Waals surface area (Å²) in [7, 11) is 0. The number of nitrogen functional groups attached to an aromatic ring is 1. The van der Waals surface area contributed by atoms with Gasteiger partial charge in [-0.1, -0.05) is 12.5 Å². The van der Waals surface area contributed by atoms with Crippen molar-refractivity contribution in [2.75, 3.05) is 18.8 Å². The molecule has 1 aromatic carbocycles. The van der Waals surface area contributed by atoms with Gasteiger partial charge in [0.05, 0.1) is 17.2 Å². The van der Waals surface area contributed by atoms with Crippen LogP contribution in [-0.2, 0) is 4.79 Å². The Kier molecular flexibility index (Phi) is 6.88. The number of hydrogen-bond donors (Lipinski definition) is 1. The minimum absolute atomic E-state index is 0.138. The molecular weight excluding hydrogens is 442 g/mol. The van der Waals surface area contributed by atoms with E-state index >= 15 is 0 Å². The number of carbonyl (C=O) groups is 1. The average molecular weight is 470 g/mol. The lowest BCUT2D eigenvalue weighted by atomic mass is 10.1. The van der Waals surface area contributed by atoms with Gasteiger partial charge in [-0.15, -0.1) is 6.42 Å². The van der Waals surface area contributed by atoms with Crippen LogP contribution in [0.15, 0.2) is 78.0 Å². The van der Waals surface area contributed by atoms with Gasteiger partial charge in [-0.25, -0.2) is 9.78 Å². The second-order valence-electron chi connectivity index (χ2n) is 8.12. The number of likely N-dealkylation sites (tertiary alicyclic amines) is 1. The molecule has 1 amide bonds. The Morgan fingerprint density at radius 3 is 2.77 bits per heavy atom. The van der Waals surface area contributed by atoms with Gasteiger partial charge in [0.1, 0.15) is 22.8 Å². The summed E-state index contributed by atoms with van der Waals surface area (Å²) in [5.74, 6) is 3.75. The lowest BCUT2D eigenvalue weighted by Gasteiger charge is -2.32. The summed E-state index contributed by atoms with van der Waals surface area (Å²) >= 11 is 0. The number of hydrogen-bond acceptors (Lipinski definition) is 5. The summed E-state index contributed by atoms with van der Waals surface area (Å²) in [4.78, 5) is 31.9. The van der Waals surface area contributed by atoms with Crippen molar-refractivity contribution in [1.29, 1.82) is 0 Å². The largest absolute Gasteiger partial charge is 0.458 e. The molecule has 0 radical (unpaired) electrons. The van der Waals surface area contributed by atoms with Gasteiger partial charge in [-0.05, 0) is 74.4 Å². The standard InChI is InChI=1S/C27H27N5O3/c1-4-7-10-21(5-2)35-22-13-11-19(12-14-22)32-25-23(15-16-29-26(25)28)31(27(32)34)20-9-8-17-30(18-20)24(33)6-3/h1,5-7,10-16,20H,3,8-9,17-18H2,2H3,(H2,28,29)/b10-7-,21-5+/t20-/m1/s1. The number of allylic oxidation sites excluding steroid dienone is 3. The maximum absolute atomic E-state index is 13.8. The van der Waals surface area contributed by atoms with Gasteiger partial charge in [0.2, 0.25) is 5.91 Å². The van der Waals surface area contributed by atoms with Crippen molar-refractivity contribution in [2.24, 2.45) is 0 Å². The zero-order chi connectivity index (χ0) is 24.9. The van der Waals surface area contributed by atoms with Gasteiger partial charge in [-0.2, -0.15) is 0 Å². The number of amides is 1. The number of carbonyl (C=O) groups excluding carboxylic acids is 1. The number of fused-ring (bicyclic) bond motifs is 1. The summed E-state index contributed by atoms with van der Waals surface area (Å²) in [5, 5.41) is 0. The molecule has 0 bridgehead atoms. The minimum Gasteiger partial charge on any atom is -0.458 e. The quantitative estimate of drug-likeness (QED) is 0.258. The van der Waals surface area contributed by atoms with Crippen molar-refractivity contribution in [3.63, 3.8) is 0 Å². The van der Waals surface area contributed by atoms with E-state index in [0.29, 0.717) is 41.3 Å². The second kappa shape index (κ2) is 10.2. The van der Waals surface area contributed by atoms with Crippen molar-refractivity contribution in [1.82, 2.24) is 19.0 Å². The Labute approximate surface area is 203 Å². The molecule has 0 saturated carbocycles. The third kappa shape index (κ3) is 4.62. The molecule has 1 fully saturated rings. The number of pyridine rings is 1. The average Bonchev–Trinajstić information content (AvgIpc) is 3.19. The number of benzene rings is 1. The zero-order valence-corrected chi connectivity index (χ0v) is 19.6. The van der Waals surface area contributed by atoms with E-state index in [-0.39, 0.29) is 23.5 Å². The number of piperidine rings is 1. The summed E-state index contributed by atoms with van der Waals surface area (Å²) in [6.07, 6.45) is 14.8. The summed E-state index contributed by atoms with van der Waals surface area (Å²) in [6, 6.07) is 8.73. The molecule has 3 aromatic rings. The molecule has 2 N–H and O–H groups in total. The third-order valence-corrected chi connectivity index (χ3v) is 6.02. The molecule has 1 aliphatic heterocycles. The lowest BCUT2D eigenvalue weighted by molar-refractivity contribution is -0.127. The highest BCUT2D eigenvalue weighted by Gasteiger charge is 2.28. The van der Waals surface area contributed by atoms with Crippen LogP contribution in [0.5, 0.6) is 5.75 Å². The number of imidazole rings is 1. The maximum Gasteiger partial charge on any atom is 0.334 e. The van der Waals surface area contributed by atoms with Crippen molar-refractivity contribution in [3.05, 3.63) is 83.7 Å². The van der Waals surface area contributed by atoms with E-state index in [0.717, 1.165) is 12.8 Å². The first-order valence-electron chi connectivity index (χ1n) is 11.3. The highest BCUT2D eigenvalue weighted by atomic mass is 16.5. The highest BCUT2D eigenvalue weighted by molar-refractivity contribution is 5.88. The summed E-state index contributed by atoms with van der Waals surface area (Å²) < 4.78 is 9.13. The molecule has 3 heterocycles. The molecule has 1 saturated heterocycles. The molecule has 0 aliphatic carbocycles. The smallest absolute Gasteiger partial charge is 0.334 e. The van der Waals surface area contributed by atoms with Crippen LogP contribution in [0.4, 0.5) is 5.82 Å². The van der Waals surface area contributed by atoms with Gasteiger partial charge in [0.25, 0.3) is 0 Å². The van der Waals surface area contributed by atoms with Crippen LogP contribution in [0, 0.1) is 12.3 Å². The fourth-order valence-electron chi connectivity index (χ4n) is 4.40. The molecule has 1 aliphatic rings. The monoisotopic (exact) mass is 469 g/mol. The number of rotatable bonds is 6. The van der Waals surface area contributed by atoms with Crippen molar-refractivity contribution < 1.29 is 9.53 Å². The van der Waals surface area contributed by atoms with Crippen LogP contribution >= 0.6 is 0 Å². The summed E-state index contributed by atoms with van der Waals surface area (Å²) in [5.41, 5.74) is 7.84. The van der Waals surface area contributed by atoms with Gasteiger partial charge in [0, 0.05) is 19.3 Å². The predicted molar refractivity (Wildman–Crippen MR) is 137 cm³/mol. The Morgan fingerprint density at radius 1 is 1.31 bits per heavy atom. The minimum atomic E-state index is -0.239. The van der Waals surface area contributed by atoms with Crippen LogP contribution in [0.3, 0.4) is 0 Å². The topological polar surface area (TPSA) is 95.4 Å². The van der Waals surface area contributed by atoms with E-state index < -0.39 is 0 Å². The zero-order valence-electron chi connectivity index (χ0n) is 19.6. The van der Waals surface area contributed by atoms with Crippen molar-refractivity contribution in [2.45, 2.75) is 25.8 Å². The molecule has 4 rings (SSSR count). The van der Waals surface area contributed by atoms with Crippen molar-refractivity contribution in [3.8, 4) is 23.8 Å². The molecule has 8 nitrogen and oxygen atoms in total. The molecule has 178 valence electrons. The number of terminal acetylenes is 1. The molecule has 1 atom stereocenters. The number of anilines is 1. The maximum atomic E-state index is 13.8. The van der Waals surface area contributed by atoms with Gasteiger partial charge in [-0.3, -0.25) is 13.9 Å². The molecule has 35 heavy (non-hydrogen) atoms. The first-order chi connectivity index (χ1) is 17.0. The number of aromatic nitrogens is 3. The van der Waals surface area contributed by atoms with Crippen LogP contribution in [0.2, 0.25) is 0 Å². The molecule has 0 spiro atoms. The van der Waals surface area contributed by atoms with E-state index in [4.69, 9.17) is 16.9 Å². The lowest BCUT2D eigenvalue weighted by Crippen LogP contribution is -2.42. The van der Waals surface area contributed by atoms with Gasteiger partial charge < -0.3 is 15.4 Å². The Morgan fingerprint density at radius 2 is 2.09 bits per heavy atom. The third-order valence-electron chi connectivity index (χ3n) is 6.02. The van der Waals surface area contributed by atoms with E-state index in [1.165, 1.54) is 6.08 Å². The number of ether oxygens (including phenoxy) is 1. The first kappa shape index (κ1) is 23.6. The number of nitrogens with two attached hydrogens (primary N) is 1. The van der Waals surface area contributed by atoms with E-state index in [1.807, 2.05) is 6.92 Å². The SMILES string of the molecule is C#C/C=C\C(=C/C)Oc1ccc(-n2c(=O)n([C@@H]3CCCN(C(=O)C=C)C3)c3ccnc(N)c32)cc1. The van der Waals surface area contributed by atoms with Crippen LogP contribution in [-0.4, -0.2) is 38.0 Å². The van der Waals surface area contributed by atoms with Crippen LogP contribution < -0.4 is 16.2 Å². The Balaban J connectivity index is 1.75. The molecular formula is C27H27N5O3. The first-order valence-corrected chi connectivity index (χ1v) is 11.3. The molecule has 0 unspecified atom stereocenters. The number of nitrogens with zero attached hydrogens (tertiary/aromatic N) is 4. The highest BCUT2D eigenvalue weighted by Crippen LogP contribution is 2.29. The normalized spacial score (nSPS) is 16.4. The molecule has 2 aromatic heterocycles. The fraction of sp³-hybridized carbons (Fsp3) is 0.222. The van der Waals surface area contributed by atoms with Crippen LogP contribution in [0.25, 0.3) is 16.7 Å². The van der Waals surface area contributed by atoms with E-state index in [1.54, 1.807) is 68.8 Å². The molecule has 8 heteroatoms. The predicted octanol–water partition coefficient (Wildman–Crippen LogP) is 3.59. The Bertz CT molecular complexity index is 1420.